The number of allylic oxidation sites excluding steroid dienone is 14. The molecule has 0 radical (unpaired) electrons. The second-order valence-corrected chi connectivity index (χ2v) is 21.3. The number of esters is 3. The van der Waals surface area contributed by atoms with Crippen LogP contribution in [0.5, 0.6) is 0 Å². The summed E-state index contributed by atoms with van der Waals surface area (Å²) >= 11 is 0. The first-order valence-corrected chi connectivity index (χ1v) is 32.1. The van der Waals surface area contributed by atoms with E-state index in [0.29, 0.717) is 19.3 Å². The van der Waals surface area contributed by atoms with Gasteiger partial charge in [0, 0.05) is 19.3 Å². The number of ether oxygens (including phenoxy) is 3. The van der Waals surface area contributed by atoms with Crippen LogP contribution in [0.25, 0.3) is 0 Å². The van der Waals surface area contributed by atoms with E-state index >= 15 is 0 Å². The third-order valence-corrected chi connectivity index (χ3v) is 13.9. The van der Waals surface area contributed by atoms with E-state index in [2.05, 4.69) is 106 Å². The van der Waals surface area contributed by atoms with Gasteiger partial charge in [0.1, 0.15) is 13.2 Å². The summed E-state index contributed by atoms with van der Waals surface area (Å²) in [6.07, 6.45) is 83.0. The lowest BCUT2D eigenvalue weighted by atomic mass is 10.0. The monoisotopic (exact) mass is 1040 g/mol. The summed E-state index contributed by atoms with van der Waals surface area (Å²) in [4.78, 5) is 38.3. The molecule has 0 bridgehead atoms. The number of carbonyl (C=O) groups is 3. The van der Waals surface area contributed by atoms with Gasteiger partial charge in [0.15, 0.2) is 6.10 Å². The molecule has 0 spiro atoms. The molecule has 432 valence electrons. The van der Waals surface area contributed by atoms with Crippen molar-refractivity contribution in [3.63, 3.8) is 0 Å². The van der Waals surface area contributed by atoms with E-state index in [1.165, 1.54) is 180 Å². The highest BCUT2D eigenvalue weighted by Gasteiger charge is 2.19. The number of unbranched alkanes of at least 4 members (excludes halogenated alkanes) is 33. The van der Waals surface area contributed by atoms with E-state index in [1.54, 1.807) is 0 Å². The van der Waals surface area contributed by atoms with Crippen LogP contribution in [0.2, 0.25) is 0 Å². The average Bonchev–Trinajstić information content (AvgIpc) is 3.41. The Kier molecular flexibility index (Phi) is 60.3. The summed E-state index contributed by atoms with van der Waals surface area (Å²) in [5, 5.41) is 0. The van der Waals surface area contributed by atoms with Gasteiger partial charge >= 0.3 is 17.9 Å². The molecule has 1 unspecified atom stereocenters. The third-order valence-electron chi connectivity index (χ3n) is 13.9. The first-order valence-electron chi connectivity index (χ1n) is 32.1. The van der Waals surface area contributed by atoms with Crippen LogP contribution in [0.4, 0.5) is 0 Å². The van der Waals surface area contributed by atoms with E-state index in [9.17, 15) is 14.4 Å². The highest BCUT2D eigenvalue weighted by Crippen LogP contribution is 2.16. The fourth-order valence-electron chi connectivity index (χ4n) is 9.09. The molecule has 6 nitrogen and oxygen atoms in total. The highest BCUT2D eigenvalue weighted by molar-refractivity contribution is 5.71. The molecule has 0 aromatic carbocycles. The summed E-state index contributed by atoms with van der Waals surface area (Å²) < 4.78 is 16.9. The highest BCUT2D eigenvalue weighted by atomic mass is 16.6. The van der Waals surface area contributed by atoms with Crippen LogP contribution in [-0.2, 0) is 28.6 Å². The molecule has 0 aliphatic heterocycles. The largest absolute Gasteiger partial charge is 0.462 e. The van der Waals surface area contributed by atoms with Crippen molar-refractivity contribution in [2.24, 2.45) is 0 Å². The average molecular weight is 1050 g/mol. The Morgan fingerprint density at radius 1 is 0.280 bits per heavy atom. The van der Waals surface area contributed by atoms with Gasteiger partial charge in [0.05, 0.1) is 0 Å². The minimum atomic E-state index is -0.796. The number of rotatable bonds is 58. The summed E-state index contributed by atoms with van der Waals surface area (Å²) in [5.74, 6) is -0.922. The Bertz CT molecular complexity index is 1430. The Hall–Kier alpha value is -3.41. The van der Waals surface area contributed by atoms with Gasteiger partial charge in [-0.15, -0.1) is 0 Å². The maximum absolute atomic E-state index is 12.9. The molecule has 1 atom stereocenters. The zero-order valence-electron chi connectivity index (χ0n) is 49.6. The third kappa shape index (κ3) is 61.3. The molecule has 0 saturated heterocycles. The predicted octanol–water partition coefficient (Wildman–Crippen LogP) is 21.9. The SMILES string of the molecule is CC/C=C\C/C=C\C/C=C\C/C=C\C/C=C\C/C=C\CCCCC(=O)OCC(COC(=O)CCCCCCCCCCCCCCCCC)OC(=O)CCCCCCCCCCC/C=C\CCCCCCCCCC. The van der Waals surface area contributed by atoms with E-state index in [-0.39, 0.29) is 31.1 Å². The van der Waals surface area contributed by atoms with Crippen LogP contribution in [-0.4, -0.2) is 37.2 Å². The molecule has 75 heavy (non-hydrogen) atoms. The quantitative estimate of drug-likeness (QED) is 0.0261. The minimum absolute atomic E-state index is 0.0884. The van der Waals surface area contributed by atoms with Gasteiger partial charge in [-0.25, -0.2) is 0 Å². The van der Waals surface area contributed by atoms with Crippen LogP contribution >= 0.6 is 0 Å². The lowest BCUT2D eigenvalue weighted by Crippen LogP contribution is -2.30. The van der Waals surface area contributed by atoms with Crippen molar-refractivity contribution in [2.75, 3.05) is 13.2 Å². The van der Waals surface area contributed by atoms with Crippen molar-refractivity contribution in [1.82, 2.24) is 0 Å². The Labute approximate surface area is 465 Å². The van der Waals surface area contributed by atoms with Gasteiger partial charge in [0.25, 0.3) is 0 Å². The Balaban J connectivity index is 4.43. The van der Waals surface area contributed by atoms with Crippen molar-refractivity contribution < 1.29 is 28.6 Å². The zero-order chi connectivity index (χ0) is 54.3. The number of carbonyl (C=O) groups excluding carboxylic acids is 3. The van der Waals surface area contributed by atoms with Gasteiger partial charge in [-0.3, -0.25) is 14.4 Å². The van der Waals surface area contributed by atoms with Crippen molar-refractivity contribution in [3.05, 3.63) is 85.1 Å². The predicted molar refractivity (Wildman–Crippen MR) is 325 cm³/mol. The molecule has 0 amide bonds. The molecular formula is C69H120O6. The molecule has 0 saturated carbocycles. The van der Waals surface area contributed by atoms with Gasteiger partial charge in [-0.05, 0) is 96.3 Å². The fraction of sp³-hybridized carbons (Fsp3) is 0.754. The van der Waals surface area contributed by atoms with Gasteiger partial charge in [0.2, 0.25) is 0 Å². The van der Waals surface area contributed by atoms with Crippen molar-refractivity contribution >= 4 is 17.9 Å². The first-order chi connectivity index (χ1) is 37.0. The maximum atomic E-state index is 12.9. The van der Waals surface area contributed by atoms with Crippen LogP contribution < -0.4 is 0 Å². The molecule has 0 heterocycles. The Morgan fingerprint density at radius 3 is 0.853 bits per heavy atom. The molecule has 0 fully saturated rings. The van der Waals surface area contributed by atoms with Crippen molar-refractivity contribution in [2.45, 2.75) is 322 Å². The Morgan fingerprint density at radius 2 is 0.520 bits per heavy atom. The summed E-state index contributed by atoms with van der Waals surface area (Å²) in [6.45, 7) is 6.53. The second kappa shape index (κ2) is 63.1. The molecule has 0 aliphatic carbocycles. The molecule has 0 aromatic rings. The smallest absolute Gasteiger partial charge is 0.306 e. The lowest BCUT2D eigenvalue weighted by molar-refractivity contribution is -0.167. The van der Waals surface area contributed by atoms with Crippen LogP contribution in [0.3, 0.4) is 0 Å². The second-order valence-electron chi connectivity index (χ2n) is 21.3. The summed E-state index contributed by atoms with van der Waals surface area (Å²) in [7, 11) is 0. The first kappa shape index (κ1) is 71.6. The standard InChI is InChI=1S/C69H120O6/c1-4-7-10-13-16-19-22-25-28-30-32-34-36-38-41-44-47-50-53-56-59-62-68(71)74-65-66(64-73-67(70)61-58-55-52-49-46-43-40-27-24-21-18-15-12-9-6-3)75-69(72)63-60-57-54-51-48-45-42-39-37-35-33-31-29-26-23-20-17-14-11-8-5-2/h7,10,16,19,25,28,31-34,38,41,47,50,66H,4-6,8-9,11-15,17-18,20-24,26-27,29-30,35-37,39-40,42-46,48-49,51-65H2,1-3H3/b10-7-,19-16-,28-25-,33-31-,34-32-,41-38-,50-47-. The summed E-state index contributed by atoms with van der Waals surface area (Å²) in [6, 6.07) is 0. The topological polar surface area (TPSA) is 78.9 Å². The van der Waals surface area contributed by atoms with Crippen LogP contribution in [0, 0.1) is 0 Å². The van der Waals surface area contributed by atoms with E-state index in [0.717, 1.165) is 96.3 Å². The maximum Gasteiger partial charge on any atom is 0.306 e. The minimum Gasteiger partial charge on any atom is -0.462 e. The van der Waals surface area contributed by atoms with E-state index < -0.39 is 6.10 Å². The molecule has 0 rings (SSSR count). The molecule has 0 aliphatic rings. The normalized spacial score (nSPS) is 12.6. The fourth-order valence-corrected chi connectivity index (χ4v) is 9.09. The molecule has 0 N–H and O–H groups in total. The zero-order valence-corrected chi connectivity index (χ0v) is 49.6. The summed E-state index contributed by atoms with van der Waals surface area (Å²) in [5.41, 5.74) is 0. The van der Waals surface area contributed by atoms with Crippen LogP contribution in [0.15, 0.2) is 85.1 Å². The van der Waals surface area contributed by atoms with Gasteiger partial charge < -0.3 is 14.2 Å². The molecule has 0 aromatic heterocycles. The van der Waals surface area contributed by atoms with E-state index in [1.807, 2.05) is 0 Å². The molecular weight excluding hydrogens is 925 g/mol. The molecule has 6 heteroatoms. The van der Waals surface area contributed by atoms with Crippen molar-refractivity contribution in [1.29, 1.82) is 0 Å². The van der Waals surface area contributed by atoms with Crippen LogP contribution in [0.1, 0.15) is 316 Å². The van der Waals surface area contributed by atoms with E-state index in [4.69, 9.17) is 14.2 Å². The number of hydrogen-bond donors (Lipinski definition) is 0. The lowest BCUT2D eigenvalue weighted by Gasteiger charge is -2.18. The van der Waals surface area contributed by atoms with Gasteiger partial charge in [-0.1, -0.05) is 286 Å². The van der Waals surface area contributed by atoms with Crippen molar-refractivity contribution in [3.8, 4) is 0 Å². The van der Waals surface area contributed by atoms with Gasteiger partial charge in [-0.2, -0.15) is 0 Å². The number of hydrogen-bond acceptors (Lipinski definition) is 6.